The molecule has 31 heavy (non-hydrogen) atoms. The maximum atomic E-state index is 12.0. The summed E-state index contributed by atoms with van der Waals surface area (Å²) in [6, 6.07) is 18.4. The van der Waals surface area contributed by atoms with E-state index in [-0.39, 0.29) is 30.6 Å². The van der Waals surface area contributed by atoms with E-state index in [1.165, 1.54) is 38.0 Å². The second-order valence-electron chi connectivity index (χ2n) is 8.00. The SMILES string of the molecule is Cl.Cl.O=c1oc2ccccc2n1CCCCCCN1CCN(Cc2ccccc2)CC1. The van der Waals surface area contributed by atoms with Gasteiger partial charge in [-0.1, -0.05) is 55.3 Å². The molecule has 2 aromatic carbocycles. The van der Waals surface area contributed by atoms with Gasteiger partial charge in [-0.25, -0.2) is 4.79 Å². The van der Waals surface area contributed by atoms with E-state index in [2.05, 4.69) is 40.1 Å². The monoisotopic (exact) mass is 465 g/mol. The average Bonchev–Trinajstić information content (AvgIpc) is 3.07. The van der Waals surface area contributed by atoms with Crippen molar-refractivity contribution < 1.29 is 4.42 Å². The van der Waals surface area contributed by atoms with Crippen LogP contribution in [0.3, 0.4) is 0 Å². The van der Waals surface area contributed by atoms with Gasteiger partial charge in [0.2, 0.25) is 0 Å². The summed E-state index contributed by atoms with van der Waals surface area (Å²) < 4.78 is 7.06. The molecule has 0 radical (unpaired) electrons. The number of nitrogens with zero attached hydrogens (tertiary/aromatic N) is 3. The van der Waals surface area contributed by atoms with Crippen molar-refractivity contribution >= 4 is 35.9 Å². The van der Waals surface area contributed by atoms with Crippen LogP contribution in [0.15, 0.2) is 63.8 Å². The van der Waals surface area contributed by atoms with Gasteiger partial charge in [0.25, 0.3) is 0 Å². The summed E-state index contributed by atoms with van der Waals surface area (Å²) in [4.78, 5) is 17.1. The topological polar surface area (TPSA) is 41.6 Å². The number of unbranched alkanes of at least 4 members (excludes halogenated alkanes) is 3. The number of piperazine rings is 1. The molecule has 3 aromatic rings. The number of aromatic nitrogens is 1. The van der Waals surface area contributed by atoms with E-state index in [1.54, 1.807) is 4.57 Å². The molecule has 1 saturated heterocycles. The molecule has 0 atom stereocenters. The molecule has 0 amide bonds. The van der Waals surface area contributed by atoms with Gasteiger partial charge in [-0.05, 0) is 37.1 Å². The van der Waals surface area contributed by atoms with Crippen LogP contribution in [0.5, 0.6) is 0 Å². The first-order valence-electron chi connectivity index (χ1n) is 10.9. The van der Waals surface area contributed by atoms with Crippen molar-refractivity contribution in [3.8, 4) is 0 Å². The van der Waals surface area contributed by atoms with Crippen molar-refractivity contribution in [2.75, 3.05) is 32.7 Å². The van der Waals surface area contributed by atoms with E-state index in [4.69, 9.17) is 4.42 Å². The van der Waals surface area contributed by atoms with E-state index in [0.717, 1.165) is 44.5 Å². The first-order chi connectivity index (χ1) is 14.3. The van der Waals surface area contributed by atoms with Crippen LogP contribution in [-0.2, 0) is 13.1 Å². The zero-order chi connectivity index (χ0) is 19.9. The number of aryl methyl sites for hydroxylation is 1. The van der Waals surface area contributed by atoms with Gasteiger partial charge >= 0.3 is 5.76 Å². The highest BCUT2D eigenvalue weighted by atomic mass is 35.5. The normalized spacial score (nSPS) is 14.8. The highest BCUT2D eigenvalue weighted by molar-refractivity contribution is 5.85. The Morgan fingerprint density at radius 1 is 0.710 bits per heavy atom. The molecular formula is C24H33Cl2N3O2. The largest absolute Gasteiger partial charge is 0.419 e. The maximum Gasteiger partial charge on any atom is 0.419 e. The van der Waals surface area contributed by atoms with Gasteiger partial charge < -0.3 is 9.32 Å². The molecule has 2 heterocycles. The van der Waals surface area contributed by atoms with Crippen LogP contribution in [0.25, 0.3) is 11.1 Å². The Balaban J connectivity index is 0.00000171. The Morgan fingerprint density at radius 3 is 2.06 bits per heavy atom. The van der Waals surface area contributed by atoms with Gasteiger partial charge in [0.1, 0.15) is 0 Å². The number of fused-ring (bicyclic) bond motifs is 1. The zero-order valence-electron chi connectivity index (χ0n) is 17.9. The molecule has 1 aliphatic rings. The van der Waals surface area contributed by atoms with Gasteiger partial charge in [0.15, 0.2) is 5.58 Å². The Morgan fingerprint density at radius 2 is 1.32 bits per heavy atom. The predicted octanol–water partition coefficient (Wildman–Crippen LogP) is 4.82. The van der Waals surface area contributed by atoms with Crippen LogP contribution >= 0.6 is 24.8 Å². The molecule has 1 fully saturated rings. The first-order valence-corrected chi connectivity index (χ1v) is 10.9. The molecule has 0 unspecified atom stereocenters. The molecule has 5 nitrogen and oxygen atoms in total. The lowest BCUT2D eigenvalue weighted by atomic mass is 10.1. The molecular weight excluding hydrogens is 433 g/mol. The van der Waals surface area contributed by atoms with Crippen LogP contribution in [0.4, 0.5) is 0 Å². The predicted molar refractivity (Wildman–Crippen MR) is 132 cm³/mol. The number of benzene rings is 2. The smallest absolute Gasteiger partial charge is 0.408 e. The number of hydrogen-bond acceptors (Lipinski definition) is 4. The minimum Gasteiger partial charge on any atom is -0.408 e. The number of hydrogen-bond donors (Lipinski definition) is 0. The lowest BCUT2D eigenvalue weighted by Gasteiger charge is -2.34. The van der Waals surface area contributed by atoms with Gasteiger partial charge in [-0.2, -0.15) is 0 Å². The molecule has 0 spiro atoms. The summed E-state index contributed by atoms with van der Waals surface area (Å²) >= 11 is 0. The third kappa shape index (κ3) is 7.11. The molecule has 1 aromatic heterocycles. The summed E-state index contributed by atoms with van der Waals surface area (Å²) in [7, 11) is 0. The number of para-hydroxylation sites is 2. The van der Waals surface area contributed by atoms with E-state index < -0.39 is 0 Å². The lowest BCUT2D eigenvalue weighted by molar-refractivity contribution is 0.125. The van der Waals surface area contributed by atoms with Crippen molar-refractivity contribution in [2.24, 2.45) is 0 Å². The average molecular weight is 466 g/mol. The van der Waals surface area contributed by atoms with Crippen LogP contribution in [0.2, 0.25) is 0 Å². The highest BCUT2D eigenvalue weighted by Crippen LogP contribution is 2.14. The molecule has 0 saturated carbocycles. The number of halogens is 2. The van der Waals surface area contributed by atoms with Crippen molar-refractivity contribution in [3.05, 3.63) is 70.7 Å². The summed E-state index contributed by atoms with van der Waals surface area (Å²) in [6.07, 6.45) is 4.63. The van der Waals surface area contributed by atoms with Crippen LogP contribution in [0, 0.1) is 0 Å². The number of oxazole rings is 1. The Kier molecular flexibility index (Phi) is 10.6. The molecule has 1 aliphatic heterocycles. The van der Waals surface area contributed by atoms with E-state index >= 15 is 0 Å². The molecule has 4 rings (SSSR count). The minimum absolute atomic E-state index is 0. The molecule has 0 aliphatic carbocycles. The standard InChI is InChI=1S/C24H31N3O2.2ClH/c28-24-27(22-12-6-7-13-23(22)29-24)15-9-2-1-8-14-25-16-18-26(19-17-25)20-21-10-4-3-5-11-21;;/h3-7,10-13H,1-2,8-9,14-20H2;2*1H. The summed E-state index contributed by atoms with van der Waals surface area (Å²) in [5, 5.41) is 0. The molecule has 7 heteroatoms. The van der Waals surface area contributed by atoms with Crippen molar-refractivity contribution in [2.45, 2.75) is 38.8 Å². The molecule has 0 N–H and O–H groups in total. The Hall–Kier alpha value is -1.79. The number of rotatable bonds is 9. The van der Waals surface area contributed by atoms with E-state index in [9.17, 15) is 4.79 Å². The fourth-order valence-corrected chi connectivity index (χ4v) is 4.20. The fraction of sp³-hybridized carbons (Fsp3) is 0.458. The molecule has 170 valence electrons. The summed E-state index contributed by atoms with van der Waals surface area (Å²) in [6.45, 7) is 7.65. The maximum absolute atomic E-state index is 12.0. The Bertz CT molecular complexity index is 950. The van der Waals surface area contributed by atoms with Gasteiger partial charge in [-0.3, -0.25) is 9.47 Å². The van der Waals surface area contributed by atoms with Gasteiger partial charge in [0.05, 0.1) is 5.52 Å². The second-order valence-corrected chi connectivity index (χ2v) is 8.00. The van der Waals surface area contributed by atoms with Crippen LogP contribution < -0.4 is 5.76 Å². The third-order valence-electron chi connectivity index (χ3n) is 5.89. The zero-order valence-corrected chi connectivity index (χ0v) is 19.6. The van der Waals surface area contributed by atoms with Crippen LogP contribution in [-0.4, -0.2) is 47.1 Å². The third-order valence-corrected chi connectivity index (χ3v) is 5.89. The van der Waals surface area contributed by atoms with Gasteiger partial charge in [-0.15, -0.1) is 24.8 Å². The summed E-state index contributed by atoms with van der Waals surface area (Å²) in [5.74, 6) is -0.237. The quantitative estimate of drug-likeness (QED) is 0.424. The van der Waals surface area contributed by atoms with Crippen molar-refractivity contribution in [1.29, 1.82) is 0 Å². The van der Waals surface area contributed by atoms with E-state index in [1.807, 2.05) is 24.3 Å². The summed E-state index contributed by atoms with van der Waals surface area (Å²) in [5.41, 5.74) is 3.00. The molecule has 0 bridgehead atoms. The first kappa shape index (κ1) is 25.5. The van der Waals surface area contributed by atoms with Gasteiger partial charge in [0, 0.05) is 39.3 Å². The minimum atomic E-state index is -0.237. The Labute approximate surface area is 196 Å². The second kappa shape index (κ2) is 12.9. The fourth-order valence-electron chi connectivity index (χ4n) is 4.20. The van der Waals surface area contributed by atoms with Crippen molar-refractivity contribution in [1.82, 2.24) is 14.4 Å². The van der Waals surface area contributed by atoms with E-state index in [0.29, 0.717) is 5.58 Å². The van der Waals surface area contributed by atoms with Crippen LogP contribution in [0.1, 0.15) is 31.2 Å². The lowest BCUT2D eigenvalue weighted by Crippen LogP contribution is -2.46. The highest BCUT2D eigenvalue weighted by Gasteiger charge is 2.16. The van der Waals surface area contributed by atoms with Crippen molar-refractivity contribution in [3.63, 3.8) is 0 Å².